The minimum absolute atomic E-state index is 0.0452. The van der Waals surface area contributed by atoms with Gasteiger partial charge in [-0.1, -0.05) is 24.3 Å². The van der Waals surface area contributed by atoms with Gasteiger partial charge < -0.3 is 10.2 Å². The third-order valence-electron chi connectivity index (χ3n) is 5.04. The lowest BCUT2D eigenvalue weighted by atomic mass is 10.1. The van der Waals surface area contributed by atoms with Crippen LogP contribution in [0.25, 0.3) is 10.9 Å². The van der Waals surface area contributed by atoms with Crippen molar-refractivity contribution in [1.82, 2.24) is 9.88 Å². The molecular formula is C22H22N4O3S. The molecule has 0 unspecified atom stereocenters. The number of nitrogens with one attached hydrogen (secondary N) is 1. The Morgan fingerprint density at radius 1 is 1.13 bits per heavy atom. The molecule has 0 spiro atoms. The number of anilines is 1. The SMILES string of the molecule is Cc1cc(C(=O)Nc2cccc(S(=O)(=O)/N=C3\CCCN3C)c2)c2ccccc2n1. The molecule has 4 rings (SSSR count). The van der Waals surface area contributed by atoms with Gasteiger partial charge in [0.15, 0.2) is 0 Å². The summed E-state index contributed by atoms with van der Waals surface area (Å²) in [5.74, 6) is 0.233. The topological polar surface area (TPSA) is 91.7 Å². The third-order valence-corrected chi connectivity index (χ3v) is 6.34. The van der Waals surface area contributed by atoms with Gasteiger partial charge in [0.2, 0.25) is 0 Å². The summed E-state index contributed by atoms with van der Waals surface area (Å²) in [5.41, 5.74) is 2.33. The van der Waals surface area contributed by atoms with Gasteiger partial charge in [0, 0.05) is 36.8 Å². The Morgan fingerprint density at radius 2 is 1.93 bits per heavy atom. The lowest BCUT2D eigenvalue weighted by Crippen LogP contribution is -2.20. The molecule has 1 saturated heterocycles. The van der Waals surface area contributed by atoms with Crippen molar-refractivity contribution in [2.24, 2.45) is 4.40 Å². The average Bonchev–Trinajstić information content (AvgIpc) is 3.11. The standard InChI is InChI=1S/C22H22N4O3S/c1-15-13-19(18-9-3-4-10-20(18)23-15)22(27)24-16-7-5-8-17(14-16)30(28,29)25-21-11-6-12-26(21)2/h3-5,7-10,13-14H,6,11-12H2,1-2H3,(H,24,27)/b25-21+. The number of carbonyl (C=O) groups excluding carboxylic acids is 1. The van der Waals surface area contributed by atoms with Crippen molar-refractivity contribution >= 4 is 38.4 Å². The zero-order valence-corrected chi connectivity index (χ0v) is 17.6. The zero-order chi connectivity index (χ0) is 21.3. The van der Waals surface area contributed by atoms with Crippen molar-refractivity contribution in [3.63, 3.8) is 0 Å². The number of aryl methyl sites for hydroxylation is 1. The minimum atomic E-state index is -3.86. The van der Waals surface area contributed by atoms with Gasteiger partial charge in [-0.3, -0.25) is 9.78 Å². The number of amidine groups is 1. The molecule has 1 fully saturated rings. The molecule has 0 saturated carbocycles. The van der Waals surface area contributed by atoms with Crippen LogP contribution < -0.4 is 5.32 Å². The Morgan fingerprint density at radius 3 is 2.70 bits per heavy atom. The number of carbonyl (C=O) groups is 1. The highest BCUT2D eigenvalue weighted by Crippen LogP contribution is 2.23. The van der Waals surface area contributed by atoms with E-state index in [-0.39, 0.29) is 10.8 Å². The molecule has 2 heterocycles. The molecule has 1 N–H and O–H groups in total. The van der Waals surface area contributed by atoms with Gasteiger partial charge in [-0.2, -0.15) is 8.42 Å². The molecule has 154 valence electrons. The van der Waals surface area contributed by atoms with Crippen LogP contribution in [-0.4, -0.2) is 43.6 Å². The van der Waals surface area contributed by atoms with Crippen LogP contribution in [0.3, 0.4) is 0 Å². The first-order valence-corrected chi connectivity index (χ1v) is 11.1. The monoisotopic (exact) mass is 422 g/mol. The molecule has 1 aliphatic rings. The van der Waals surface area contributed by atoms with Crippen LogP contribution in [0.2, 0.25) is 0 Å². The fourth-order valence-corrected chi connectivity index (χ4v) is 4.67. The van der Waals surface area contributed by atoms with Crippen molar-refractivity contribution in [3.05, 3.63) is 65.9 Å². The van der Waals surface area contributed by atoms with E-state index in [1.54, 1.807) is 18.2 Å². The second-order valence-corrected chi connectivity index (χ2v) is 8.92. The molecule has 2 aromatic carbocycles. The van der Waals surface area contributed by atoms with Crippen LogP contribution in [-0.2, 0) is 10.0 Å². The van der Waals surface area contributed by atoms with Gasteiger partial charge in [0.25, 0.3) is 15.9 Å². The maximum atomic E-state index is 12.9. The first kappa shape index (κ1) is 20.0. The fourth-order valence-electron chi connectivity index (χ4n) is 3.53. The van der Waals surface area contributed by atoms with E-state index in [4.69, 9.17) is 0 Å². The summed E-state index contributed by atoms with van der Waals surface area (Å²) in [6.07, 6.45) is 1.53. The quantitative estimate of drug-likeness (QED) is 0.693. The molecule has 0 radical (unpaired) electrons. The molecule has 0 aliphatic carbocycles. The molecule has 30 heavy (non-hydrogen) atoms. The summed E-state index contributed by atoms with van der Waals surface area (Å²) in [7, 11) is -2.02. The van der Waals surface area contributed by atoms with Gasteiger partial charge in [-0.05, 0) is 43.7 Å². The predicted octanol–water partition coefficient (Wildman–Crippen LogP) is 3.61. The number of benzene rings is 2. The molecule has 8 heteroatoms. The Kier molecular flexibility index (Phi) is 5.26. The number of hydrogen-bond donors (Lipinski definition) is 1. The summed E-state index contributed by atoms with van der Waals surface area (Å²) < 4.78 is 29.4. The molecule has 0 atom stereocenters. The van der Waals surface area contributed by atoms with E-state index in [2.05, 4.69) is 14.7 Å². The number of para-hydroxylation sites is 1. The summed E-state index contributed by atoms with van der Waals surface area (Å²) >= 11 is 0. The lowest BCUT2D eigenvalue weighted by Gasteiger charge is -2.12. The summed E-state index contributed by atoms with van der Waals surface area (Å²) in [6.45, 7) is 2.62. The largest absolute Gasteiger partial charge is 0.362 e. The van der Waals surface area contributed by atoms with Gasteiger partial charge in [0.1, 0.15) is 5.84 Å². The van der Waals surface area contributed by atoms with Gasteiger partial charge >= 0.3 is 0 Å². The van der Waals surface area contributed by atoms with Gasteiger partial charge in [0.05, 0.1) is 16.0 Å². The van der Waals surface area contributed by atoms with Crippen molar-refractivity contribution in [1.29, 1.82) is 0 Å². The van der Waals surface area contributed by atoms with E-state index < -0.39 is 10.0 Å². The van der Waals surface area contributed by atoms with E-state index in [1.807, 2.05) is 43.1 Å². The maximum Gasteiger partial charge on any atom is 0.284 e. The van der Waals surface area contributed by atoms with Crippen LogP contribution in [0.15, 0.2) is 63.9 Å². The molecule has 1 aromatic heterocycles. The number of hydrogen-bond acceptors (Lipinski definition) is 4. The zero-order valence-electron chi connectivity index (χ0n) is 16.8. The van der Waals surface area contributed by atoms with Crippen LogP contribution in [0.5, 0.6) is 0 Å². The van der Waals surface area contributed by atoms with Crippen molar-refractivity contribution in [3.8, 4) is 0 Å². The number of rotatable bonds is 4. The number of sulfonamides is 1. The van der Waals surface area contributed by atoms with Gasteiger partial charge in [-0.15, -0.1) is 4.40 Å². The van der Waals surface area contributed by atoms with E-state index >= 15 is 0 Å². The lowest BCUT2D eigenvalue weighted by molar-refractivity contribution is 0.102. The highest BCUT2D eigenvalue weighted by Gasteiger charge is 2.21. The van der Waals surface area contributed by atoms with Crippen LogP contribution >= 0.6 is 0 Å². The van der Waals surface area contributed by atoms with E-state index in [0.717, 1.165) is 29.6 Å². The van der Waals surface area contributed by atoms with E-state index in [9.17, 15) is 13.2 Å². The normalized spacial score (nSPS) is 15.7. The molecule has 3 aromatic rings. The summed E-state index contributed by atoms with van der Waals surface area (Å²) in [4.78, 5) is 19.3. The number of amides is 1. The molecule has 1 amide bonds. The maximum absolute atomic E-state index is 12.9. The number of pyridine rings is 1. The molecule has 0 bridgehead atoms. The second kappa shape index (κ2) is 7.87. The number of nitrogens with zero attached hydrogens (tertiary/aromatic N) is 3. The second-order valence-electron chi connectivity index (χ2n) is 7.32. The predicted molar refractivity (Wildman–Crippen MR) is 117 cm³/mol. The van der Waals surface area contributed by atoms with Crippen LogP contribution in [0.1, 0.15) is 28.9 Å². The van der Waals surface area contributed by atoms with Crippen molar-refractivity contribution < 1.29 is 13.2 Å². The Hall–Kier alpha value is -3.26. The highest BCUT2D eigenvalue weighted by molar-refractivity contribution is 7.90. The van der Waals surface area contributed by atoms with E-state index in [0.29, 0.717) is 23.5 Å². The fraction of sp³-hybridized carbons (Fsp3) is 0.227. The minimum Gasteiger partial charge on any atom is -0.362 e. The van der Waals surface area contributed by atoms with Crippen LogP contribution in [0.4, 0.5) is 5.69 Å². The first-order valence-electron chi connectivity index (χ1n) is 9.66. The molecule has 1 aliphatic heterocycles. The Labute approximate surface area is 175 Å². The summed E-state index contributed by atoms with van der Waals surface area (Å²) in [5, 5.41) is 3.54. The third kappa shape index (κ3) is 4.04. The van der Waals surface area contributed by atoms with E-state index in [1.165, 1.54) is 12.1 Å². The molecule has 7 nitrogen and oxygen atoms in total. The molecular weight excluding hydrogens is 400 g/mol. The highest BCUT2D eigenvalue weighted by atomic mass is 32.2. The smallest absolute Gasteiger partial charge is 0.284 e. The Bertz CT molecular complexity index is 1270. The summed E-state index contributed by atoms with van der Waals surface area (Å²) in [6, 6.07) is 15.3. The average molecular weight is 423 g/mol. The number of likely N-dealkylation sites (tertiary alicyclic amines) is 1. The number of fused-ring (bicyclic) bond motifs is 1. The Balaban J connectivity index is 1.64. The van der Waals surface area contributed by atoms with Crippen LogP contribution in [0, 0.1) is 6.92 Å². The van der Waals surface area contributed by atoms with Crippen molar-refractivity contribution in [2.45, 2.75) is 24.7 Å². The van der Waals surface area contributed by atoms with Crippen molar-refractivity contribution in [2.75, 3.05) is 18.9 Å². The first-order chi connectivity index (χ1) is 14.3. The van der Waals surface area contributed by atoms with Gasteiger partial charge in [-0.25, -0.2) is 0 Å². The number of aromatic nitrogens is 1.